The molecule has 0 radical (unpaired) electrons. The molecule has 0 saturated carbocycles. The van der Waals surface area contributed by atoms with Crippen molar-refractivity contribution >= 4 is 5.91 Å². The van der Waals surface area contributed by atoms with E-state index in [0.29, 0.717) is 24.5 Å². The molecule has 0 atom stereocenters. The number of ether oxygens (including phenoxy) is 1. The van der Waals surface area contributed by atoms with Crippen molar-refractivity contribution in [1.82, 2.24) is 10.6 Å². The number of carbonyl (C=O) groups excluding carboxylic acids is 1. The number of para-hydroxylation sites is 1. The Kier molecular flexibility index (Phi) is 7.35. The molecule has 4 nitrogen and oxygen atoms in total. The molecule has 0 unspecified atom stereocenters. The Morgan fingerprint density at radius 3 is 2.84 bits per heavy atom. The molecular weight excluding hydrogens is 240 g/mol. The molecule has 0 aliphatic rings. The van der Waals surface area contributed by atoms with Gasteiger partial charge in [0.05, 0.1) is 5.56 Å². The minimum Gasteiger partial charge on any atom is -0.489 e. The molecule has 1 rings (SSSR count). The Bertz CT molecular complexity index is 405. The van der Waals surface area contributed by atoms with Crippen LogP contribution in [0.1, 0.15) is 23.7 Å². The topological polar surface area (TPSA) is 50.4 Å². The third kappa shape index (κ3) is 5.57. The summed E-state index contributed by atoms with van der Waals surface area (Å²) in [7, 11) is 0. The third-order valence-corrected chi connectivity index (χ3v) is 2.50. The number of rotatable bonds is 9. The molecule has 1 aromatic carbocycles. The van der Waals surface area contributed by atoms with Crippen LogP contribution in [0.3, 0.4) is 0 Å². The van der Waals surface area contributed by atoms with Gasteiger partial charge < -0.3 is 15.4 Å². The van der Waals surface area contributed by atoms with E-state index in [9.17, 15) is 4.79 Å². The van der Waals surface area contributed by atoms with Gasteiger partial charge >= 0.3 is 0 Å². The highest BCUT2D eigenvalue weighted by Gasteiger charge is 2.10. The quantitative estimate of drug-likeness (QED) is 0.528. The van der Waals surface area contributed by atoms with E-state index in [1.165, 1.54) is 0 Å². The van der Waals surface area contributed by atoms with Gasteiger partial charge in [0.2, 0.25) is 0 Å². The van der Waals surface area contributed by atoms with Gasteiger partial charge in [0.15, 0.2) is 0 Å². The number of benzene rings is 1. The SMILES string of the molecule is C=CCOc1ccccc1C(=O)NCCNCCC. The zero-order valence-corrected chi connectivity index (χ0v) is 11.4. The molecule has 0 saturated heterocycles. The van der Waals surface area contributed by atoms with Crippen LogP contribution in [0.2, 0.25) is 0 Å². The lowest BCUT2D eigenvalue weighted by molar-refractivity contribution is 0.0950. The number of amides is 1. The van der Waals surface area contributed by atoms with Crippen LogP contribution in [-0.2, 0) is 0 Å². The van der Waals surface area contributed by atoms with Gasteiger partial charge in [0.1, 0.15) is 12.4 Å². The van der Waals surface area contributed by atoms with Crippen molar-refractivity contribution in [2.75, 3.05) is 26.2 Å². The van der Waals surface area contributed by atoms with Gasteiger partial charge in [-0.1, -0.05) is 31.7 Å². The van der Waals surface area contributed by atoms with Crippen LogP contribution in [0.15, 0.2) is 36.9 Å². The van der Waals surface area contributed by atoms with Gasteiger partial charge in [-0.3, -0.25) is 4.79 Å². The minimum absolute atomic E-state index is 0.113. The summed E-state index contributed by atoms with van der Waals surface area (Å²) >= 11 is 0. The molecular formula is C15H22N2O2. The van der Waals surface area contributed by atoms with Crippen molar-refractivity contribution in [3.8, 4) is 5.75 Å². The summed E-state index contributed by atoms with van der Waals surface area (Å²) in [6, 6.07) is 7.21. The molecule has 0 spiro atoms. The predicted octanol–water partition coefficient (Wildman–Crippen LogP) is 1.98. The monoisotopic (exact) mass is 262 g/mol. The molecule has 1 amide bonds. The van der Waals surface area contributed by atoms with Crippen LogP contribution in [0.4, 0.5) is 0 Å². The number of nitrogens with one attached hydrogen (secondary N) is 2. The highest BCUT2D eigenvalue weighted by molar-refractivity contribution is 5.96. The lowest BCUT2D eigenvalue weighted by atomic mass is 10.2. The summed E-state index contributed by atoms with van der Waals surface area (Å²) < 4.78 is 5.46. The summed E-state index contributed by atoms with van der Waals surface area (Å²) in [4.78, 5) is 12.0. The van der Waals surface area contributed by atoms with Crippen LogP contribution >= 0.6 is 0 Å². The molecule has 0 heterocycles. The van der Waals surface area contributed by atoms with Crippen LogP contribution in [0.25, 0.3) is 0 Å². The van der Waals surface area contributed by atoms with Crippen molar-refractivity contribution in [2.45, 2.75) is 13.3 Å². The second-order valence-corrected chi connectivity index (χ2v) is 4.10. The average Bonchev–Trinajstić information content (AvgIpc) is 2.45. The van der Waals surface area contributed by atoms with E-state index < -0.39 is 0 Å². The second kappa shape index (κ2) is 9.16. The van der Waals surface area contributed by atoms with Crippen LogP contribution in [-0.4, -0.2) is 32.1 Å². The molecule has 0 bridgehead atoms. The first-order valence-electron chi connectivity index (χ1n) is 6.61. The molecule has 1 aromatic rings. The second-order valence-electron chi connectivity index (χ2n) is 4.10. The van der Waals surface area contributed by atoms with Gasteiger partial charge in [-0.05, 0) is 25.1 Å². The maximum atomic E-state index is 12.0. The Morgan fingerprint density at radius 1 is 1.32 bits per heavy atom. The van der Waals surface area contributed by atoms with Crippen molar-refractivity contribution in [1.29, 1.82) is 0 Å². The Hall–Kier alpha value is -1.81. The molecule has 0 aromatic heterocycles. The molecule has 2 N–H and O–H groups in total. The molecule has 0 aliphatic heterocycles. The van der Waals surface area contributed by atoms with Crippen LogP contribution < -0.4 is 15.4 Å². The van der Waals surface area contributed by atoms with Crippen molar-refractivity contribution in [3.05, 3.63) is 42.5 Å². The van der Waals surface area contributed by atoms with Crippen LogP contribution in [0, 0.1) is 0 Å². The van der Waals surface area contributed by atoms with E-state index in [4.69, 9.17) is 4.74 Å². The number of carbonyl (C=O) groups is 1. The summed E-state index contributed by atoms with van der Waals surface area (Å²) in [5.41, 5.74) is 0.555. The zero-order valence-electron chi connectivity index (χ0n) is 11.4. The van der Waals surface area contributed by atoms with E-state index in [-0.39, 0.29) is 5.91 Å². The number of hydrogen-bond donors (Lipinski definition) is 2. The minimum atomic E-state index is -0.113. The fourth-order valence-corrected chi connectivity index (χ4v) is 1.59. The Balaban J connectivity index is 2.48. The predicted molar refractivity (Wildman–Crippen MR) is 77.6 cm³/mol. The fourth-order valence-electron chi connectivity index (χ4n) is 1.59. The average molecular weight is 262 g/mol. The Labute approximate surface area is 114 Å². The van der Waals surface area contributed by atoms with Crippen LogP contribution in [0.5, 0.6) is 5.75 Å². The largest absolute Gasteiger partial charge is 0.489 e. The van der Waals surface area contributed by atoms with E-state index in [1.807, 2.05) is 12.1 Å². The first kappa shape index (κ1) is 15.2. The maximum Gasteiger partial charge on any atom is 0.255 e. The third-order valence-electron chi connectivity index (χ3n) is 2.50. The molecule has 0 aliphatic carbocycles. The van der Waals surface area contributed by atoms with E-state index in [1.54, 1.807) is 18.2 Å². The Morgan fingerprint density at radius 2 is 2.11 bits per heavy atom. The van der Waals surface area contributed by atoms with Gasteiger partial charge in [0.25, 0.3) is 5.91 Å². The highest BCUT2D eigenvalue weighted by Crippen LogP contribution is 2.17. The first-order chi connectivity index (χ1) is 9.29. The first-order valence-corrected chi connectivity index (χ1v) is 6.61. The molecule has 4 heteroatoms. The van der Waals surface area contributed by atoms with E-state index in [0.717, 1.165) is 19.5 Å². The molecule has 19 heavy (non-hydrogen) atoms. The summed E-state index contributed by atoms with van der Waals surface area (Å²) in [5.74, 6) is 0.472. The highest BCUT2D eigenvalue weighted by atomic mass is 16.5. The van der Waals surface area contributed by atoms with Gasteiger partial charge in [-0.25, -0.2) is 0 Å². The number of hydrogen-bond acceptors (Lipinski definition) is 3. The standard InChI is InChI=1S/C15H22N2O2/c1-3-9-16-10-11-17-15(18)13-7-5-6-8-14(13)19-12-4-2/h4-8,16H,2-3,9-12H2,1H3,(H,17,18). The molecule has 0 fully saturated rings. The zero-order chi connectivity index (χ0) is 13.9. The van der Waals surface area contributed by atoms with Gasteiger partial charge in [-0.2, -0.15) is 0 Å². The summed E-state index contributed by atoms with van der Waals surface area (Å²) in [6.07, 6.45) is 2.75. The lowest BCUT2D eigenvalue weighted by Crippen LogP contribution is -2.32. The van der Waals surface area contributed by atoms with Gasteiger partial charge in [-0.15, -0.1) is 0 Å². The maximum absolute atomic E-state index is 12.0. The lowest BCUT2D eigenvalue weighted by Gasteiger charge is -2.10. The molecule has 104 valence electrons. The fraction of sp³-hybridized carbons (Fsp3) is 0.400. The van der Waals surface area contributed by atoms with Crippen molar-refractivity contribution < 1.29 is 9.53 Å². The summed E-state index contributed by atoms with van der Waals surface area (Å²) in [6.45, 7) is 8.44. The van der Waals surface area contributed by atoms with Crippen molar-refractivity contribution in [2.24, 2.45) is 0 Å². The van der Waals surface area contributed by atoms with Gasteiger partial charge in [0, 0.05) is 13.1 Å². The van der Waals surface area contributed by atoms with Crippen molar-refractivity contribution in [3.63, 3.8) is 0 Å². The van der Waals surface area contributed by atoms with E-state index >= 15 is 0 Å². The van der Waals surface area contributed by atoms with E-state index in [2.05, 4.69) is 24.1 Å². The smallest absolute Gasteiger partial charge is 0.255 e. The summed E-state index contributed by atoms with van der Waals surface area (Å²) in [5, 5.41) is 6.10. The normalized spacial score (nSPS) is 9.95.